The van der Waals surface area contributed by atoms with E-state index in [4.69, 9.17) is 15.9 Å². The minimum Gasteiger partial charge on any atom is -0.458 e. The molecule has 3 saturated carbocycles. The number of terminal acetylenes is 1. The Morgan fingerprint density at radius 3 is 2.54 bits per heavy atom. The van der Waals surface area contributed by atoms with Crippen molar-refractivity contribution in [2.24, 2.45) is 29.1 Å². The summed E-state index contributed by atoms with van der Waals surface area (Å²) >= 11 is 0. The van der Waals surface area contributed by atoms with E-state index in [0.29, 0.717) is 23.7 Å². The van der Waals surface area contributed by atoms with Crippen molar-refractivity contribution in [2.75, 3.05) is 0 Å². The molecule has 0 aromatic carbocycles. The highest BCUT2D eigenvalue weighted by molar-refractivity contribution is 5.67. The summed E-state index contributed by atoms with van der Waals surface area (Å²) < 4.78 is 11.3. The molecule has 0 aromatic heterocycles. The van der Waals surface area contributed by atoms with Gasteiger partial charge in [-0.3, -0.25) is 9.59 Å². The molecule has 0 N–H and O–H groups in total. The number of esters is 2. The topological polar surface area (TPSA) is 52.6 Å². The molecule has 3 fully saturated rings. The molecule has 152 valence electrons. The van der Waals surface area contributed by atoms with Crippen LogP contribution in [0.3, 0.4) is 0 Å². The standard InChI is InChI=1S/C24H32O4/c1-5-24(28-16(3)26)13-11-22-21-8-6-17-14-18(27-15(2)25)7-9-19(17)20(21)10-12-23(22,24)4/h1,14,18-22H,6-13H2,2-4H3/t18-,19+,20+,21+,22+,23+,24+/m0/s1. The van der Waals surface area contributed by atoms with Crippen LogP contribution >= 0.6 is 0 Å². The van der Waals surface area contributed by atoms with Gasteiger partial charge >= 0.3 is 11.9 Å². The second-order valence-electron chi connectivity index (χ2n) is 9.61. The molecule has 28 heavy (non-hydrogen) atoms. The third-order valence-electron chi connectivity index (χ3n) is 8.40. The van der Waals surface area contributed by atoms with Gasteiger partial charge in [0.05, 0.1) is 0 Å². The van der Waals surface area contributed by atoms with E-state index in [1.807, 2.05) is 0 Å². The summed E-state index contributed by atoms with van der Waals surface area (Å²) in [6, 6.07) is 0. The van der Waals surface area contributed by atoms with E-state index in [1.165, 1.54) is 25.8 Å². The Labute approximate surface area is 168 Å². The summed E-state index contributed by atoms with van der Waals surface area (Å²) in [5.74, 6) is 4.94. The lowest BCUT2D eigenvalue weighted by Crippen LogP contribution is -2.53. The lowest BCUT2D eigenvalue weighted by atomic mass is 9.50. The molecule has 0 spiro atoms. The lowest BCUT2D eigenvalue weighted by Gasteiger charge is -2.55. The predicted molar refractivity (Wildman–Crippen MR) is 106 cm³/mol. The molecule has 4 rings (SSSR count). The zero-order valence-electron chi connectivity index (χ0n) is 17.3. The number of hydrogen-bond acceptors (Lipinski definition) is 4. The van der Waals surface area contributed by atoms with Gasteiger partial charge < -0.3 is 9.47 Å². The van der Waals surface area contributed by atoms with Crippen molar-refractivity contribution in [3.05, 3.63) is 11.6 Å². The number of carbonyl (C=O) groups excluding carboxylic acids is 2. The highest BCUT2D eigenvalue weighted by atomic mass is 16.6. The van der Waals surface area contributed by atoms with Crippen LogP contribution in [0.2, 0.25) is 0 Å². The van der Waals surface area contributed by atoms with Crippen molar-refractivity contribution in [3.63, 3.8) is 0 Å². The van der Waals surface area contributed by atoms with Gasteiger partial charge in [0.1, 0.15) is 6.10 Å². The van der Waals surface area contributed by atoms with Gasteiger partial charge in [-0.1, -0.05) is 18.4 Å². The van der Waals surface area contributed by atoms with Gasteiger partial charge in [0.25, 0.3) is 0 Å². The van der Waals surface area contributed by atoms with E-state index in [9.17, 15) is 9.59 Å². The Morgan fingerprint density at radius 1 is 1.07 bits per heavy atom. The molecule has 0 heterocycles. The summed E-state index contributed by atoms with van der Waals surface area (Å²) in [7, 11) is 0. The van der Waals surface area contributed by atoms with Gasteiger partial charge in [0.15, 0.2) is 5.60 Å². The van der Waals surface area contributed by atoms with Crippen LogP contribution in [0.25, 0.3) is 0 Å². The van der Waals surface area contributed by atoms with Gasteiger partial charge in [-0.15, -0.1) is 6.42 Å². The number of rotatable bonds is 2. The van der Waals surface area contributed by atoms with Crippen LogP contribution in [-0.4, -0.2) is 23.6 Å². The van der Waals surface area contributed by atoms with Crippen molar-refractivity contribution < 1.29 is 19.1 Å². The first kappa shape index (κ1) is 19.6. The van der Waals surface area contributed by atoms with Gasteiger partial charge in [-0.05, 0) is 81.1 Å². The number of carbonyl (C=O) groups is 2. The number of fused-ring (bicyclic) bond motifs is 5. The molecule has 0 radical (unpaired) electrons. The van der Waals surface area contributed by atoms with Crippen molar-refractivity contribution >= 4 is 11.9 Å². The minimum atomic E-state index is -0.739. The zero-order chi connectivity index (χ0) is 20.1. The summed E-state index contributed by atoms with van der Waals surface area (Å²) in [5, 5.41) is 0. The second-order valence-corrected chi connectivity index (χ2v) is 9.61. The SMILES string of the molecule is C#C[C@@]1(OC(C)=O)CC[C@@H]2[C@@H]3CCC4=C[C@@H](OC(C)=O)CC[C@H]4[C@H]3CC[C@]21C. The fraction of sp³-hybridized carbons (Fsp3) is 0.750. The monoisotopic (exact) mass is 384 g/mol. The maximum atomic E-state index is 11.8. The predicted octanol–water partition coefficient (Wildman–Crippen LogP) is 4.43. The molecular weight excluding hydrogens is 352 g/mol. The molecular formula is C24H32O4. The van der Waals surface area contributed by atoms with E-state index < -0.39 is 5.60 Å². The minimum absolute atomic E-state index is 0.0429. The first-order valence-corrected chi connectivity index (χ1v) is 10.8. The maximum absolute atomic E-state index is 11.8. The molecule has 0 aromatic rings. The van der Waals surface area contributed by atoms with Crippen molar-refractivity contribution in [1.29, 1.82) is 0 Å². The number of ether oxygens (including phenoxy) is 2. The largest absolute Gasteiger partial charge is 0.458 e. The first-order valence-electron chi connectivity index (χ1n) is 10.8. The summed E-state index contributed by atoms with van der Waals surface area (Å²) in [5.41, 5.74) is 0.644. The van der Waals surface area contributed by atoms with E-state index in [-0.39, 0.29) is 23.5 Å². The lowest BCUT2D eigenvalue weighted by molar-refractivity contribution is -0.167. The van der Waals surface area contributed by atoms with Gasteiger partial charge in [0, 0.05) is 19.3 Å². The quantitative estimate of drug-likeness (QED) is 0.402. The Balaban J connectivity index is 1.57. The second kappa shape index (κ2) is 6.94. The van der Waals surface area contributed by atoms with Crippen molar-refractivity contribution in [3.8, 4) is 12.3 Å². The molecule has 4 aliphatic rings. The number of allylic oxidation sites excluding steroid dienone is 1. The fourth-order valence-corrected chi connectivity index (χ4v) is 7.28. The zero-order valence-corrected chi connectivity index (χ0v) is 17.3. The Morgan fingerprint density at radius 2 is 1.86 bits per heavy atom. The van der Waals surface area contributed by atoms with E-state index in [2.05, 4.69) is 18.9 Å². The molecule has 4 heteroatoms. The molecule has 0 saturated heterocycles. The van der Waals surface area contributed by atoms with Gasteiger partial charge in [0.2, 0.25) is 0 Å². The highest BCUT2D eigenvalue weighted by Gasteiger charge is 2.64. The average Bonchev–Trinajstić information content (AvgIpc) is 2.93. The molecule has 4 nitrogen and oxygen atoms in total. The van der Waals surface area contributed by atoms with Crippen molar-refractivity contribution in [2.45, 2.75) is 83.8 Å². The van der Waals surface area contributed by atoms with Crippen LogP contribution in [0.1, 0.15) is 72.1 Å². The molecule has 0 aliphatic heterocycles. The Hall–Kier alpha value is -1.76. The third kappa shape index (κ3) is 2.90. The van der Waals surface area contributed by atoms with Gasteiger partial charge in [-0.25, -0.2) is 0 Å². The van der Waals surface area contributed by atoms with Gasteiger partial charge in [-0.2, -0.15) is 0 Å². The first-order chi connectivity index (χ1) is 13.3. The van der Waals surface area contributed by atoms with Crippen LogP contribution in [0.15, 0.2) is 11.6 Å². The van der Waals surface area contributed by atoms with E-state index >= 15 is 0 Å². The van der Waals surface area contributed by atoms with Crippen LogP contribution in [-0.2, 0) is 19.1 Å². The van der Waals surface area contributed by atoms with Crippen LogP contribution < -0.4 is 0 Å². The Bertz CT molecular complexity index is 746. The molecule has 0 amide bonds. The molecule has 4 aliphatic carbocycles. The smallest absolute Gasteiger partial charge is 0.304 e. The molecule has 7 atom stereocenters. The van der Waals surface area contributed by atoms with E-state index in [0.717, 1.165) is 44.9 Å². The number of hydrogen-bond donors (Lipinski definition) is 0. The summed E-state index contributed by atoms with van der Waals surface area (Å²) in [4.78, 5) is 23.1. The van der Waals surface area contributed by atoms with Crippen molar-refractivity contribution in [1.82, 2.24) is 0 Å². The molecule has 0 unspecified atom stereocenters. The van der Waals surface area contributed by atoms with Crippen LogP contribution in [0, 0.1) is 41.4 Å². The normalized spacial score (nSPS) is 44.2. The summed E-state index contributed by atoms with van der Waals surface area (Å²) in [6.07, 6.45) is 16.5. The maximum Gasteiger partial charge on any atom is 0.304 e. The summed E-state index contributed by atoms with van der Waals surface area (Å²) in [6.45, 7) is 5.23. The molecule has 0 bridgehead atoms. The average molecular weight is 385 g/mol. The van der Waals surface area contributed by atoms with E-state index in [1.54, 1.807) is 0 Å². The Kier molecular flexibility index (Phi) is 4.84. The third-order valence-corrected chi connectivity index (χ3v) is 8.40. The fourth-order valence-electron chi connectivity index (χ4n) is 7.28. The van der Waals surface area contributed by atoms with Crippen LogP contribution in [0.5, 0.6) is 0 Å². The van der Waals surface area contributed by atoms with Crippen LogP contribution in [0.4, 0.5) is 0 Å². The highest BCUT2D eigenvalue weighted by Crippen LogP contribution is 2.65.